The molecule has 3 heterocycles. The van der Waals surface area contributed by atoms with Crippen LogP contribution in [0.3, 0.4) is 0 Å². The molecule has 30 heavy (non-hydrogen) atoms. The van der Waals surface area contributed by atoms with Crippen LogP contribution in [0.25, 0.3) is 0 Å². The average molecular weight is 430 g/mol. The van der Waals surface area contributed by atoms with E-state index in [1.165, 1.54) is 0 Å². The van der Waals surface area contributed by atoms with Crippen LogP contribution in [0, 0.1) is 6.92 Å². The largest absolute Gasteiger partial charge is 1.00 e. The number of likely N-dealkylation sites (N-methyl/N-ethyl adjacent to an activating group) is 1. The van der Waals surface area contributed by atoms with Crippen LogP contribution in [-0.4, -0.2) is 69.3 Å². The number of ether oxygens (including phenoxy) is 2. The highest BCUT2D eigenvalue weighted by Gasteiger charge is 2.57. The molecule has 1 atom stereocenters. The Kier molecular flexibility index (Phi) is 5.43. The Labute approximate surface area is 185 Å². The SMILES string of the molecule is COc1cc2c(cc1C)[C@@]1(CO2)C(=O)N(CN2CCN(C)CC2)c2ccccc21.[Cl-].[H+]. The number of halogens is 1. The first-order chi connectivity index (χ1) is 14.0. The first-order valence-electron chi connectivity index (χ1n) is 10.2. The summed E-state index contributed by atoms with van der Waals surface area (Å²) in [6.07, 6.45) is 0. The minimum Gasteiger partial charge on any atom is -1.00 e. The number of fused-ring (bicyclic) bond motifs is 4. The van der Waals surface area contributed by atoms with E-state index in [1.807, 2.05) is 30.0 Å². The molecule has 5 rings (SSSR count). The molecule has 1 fully saturated rings. The third-order valence-electron chi connectivity index (χ3n) is 6.60. The molecule has 3 aliphatic heterocycles. The highest BCUT2D eigenvalue weighted by Crippen LogP contribution is 2.53. The van der Waals surface area contributed by atoms with Gasteiger partial charge in [0, 0.05) is 43.5 Å². The van der Waals surface area contributed by atoms with Crippen LogP contribution >= 0.6 is 0 Å². The van der Waals surface area contributed by atoms with E-state index >= 15 is 0 Å². The topological polar surface area (TPSA) is 45.3 Å². The van der Waals surface area contributed by atoms with Gasteiger partial charge in [-0.2, -0.15) is 0 Å². The number of rotatable bonds is 3. The Morgan fingerprint density at radius 2 is 1.87 bits per heavy atom. The number of hydrogen-bond acceptors (Lipinski definition) is 5. The van der Waals surface area contributed by atoms with Crippen LogP contribution in [0.2, 0.25) is 0 Å². The van der Waals surface area contributed by atoms with Gasteiger partial charge in [0.15, 0.2) is 0 Å². The highest BCUT2D eigenvalue weighted by atomic mass is 35.5. The fourth-order valence-corrected chi connectivity index (χ4v) is 4.86. The van der Waals surface area contributed by atoms with Crippen molar-refractivity contribution in [1.82, 2.24) is 9.80 Å². The summed E-state index contributed by atoms with van der Waals surface area (Å²) in [5, 5.41) is 0. The van der Waals surface area contributed by atoms with E-state index in [0.717, 1.165) is 60.1 Å². The predicted octanol–water partition coefficient (Wildman–Crippen LogP) is -0.650. The average Bonchev–Trinajstić information content (AvgIpc) is 3.21. The van der Waals surface area contributed by atoms with Crippen LogP contribution in [0.5, 0.6) is 11.5 Å². The van der Waals surface area contributed by atoms with Gasteiger partial charge in [0.25, 0.3) is 0 Å². The second-order valence-corrected chi connectivity index (χ2v) is 8.33. The lowest BCUT2D eigenvalue weighted by Gasteiger charge is -2.35. The van der Waals surface area contributed by atoms with E-state index in [0.29, 0.717) is 13.3 Å². The third-order valence-corrected chi connectivity index (χ3v) is 6.60. The van der Waals surface area contributed by atoms with Crippen LogP contribution < -0.4 is 26.8 Å². The van der Waals surface area contributed by atoms with Crippen molar-refractivity contribution in [3.63, 3.8) is 0 Å². The molecule has 6 nitrogen and oxygen atoms in total. The number of piperazine rings is 1. The zero-order chi connectivity index (χ0) is 20.2. The maximum Gasteiger partial charge on any atom is 1.00 e. The summed E-state index contributed by atoms with van der Waals surface area (Å²) in [4.78, 5) is 20.6. The smallest absolute Gasteiger partial charge is 1.00 e. The Bertz CT molecular complexity index is 981. The van der Waals surface area contributed by atoms with E-state index in [1.54, 1.807) is 7.11 Å². The first-order valence-corrected chi connectivity index (χ1v) is 10.2. The second kappa shape index (κ2) is 7.76. The standard InChI is InChI=1S/C23H27N3O3.ClH/c1-16-12-18-21(13-20(16)28-3)29-14-23(18)17-6-4-5-7-19(17)26(22(23)27)15-25-10-8-24(2)9-11-25;/h4-7,12-13H,8-11,14-15H2,1-3H3;1H/t23-;/m0./s1. The Balaban J connectivity index is 0.00000136. The number of methoxy groups -OCH3 is 1. The minimum absolute atomic E-state index is 0. The van der Waals surface area contributed by atoms with Crippen molar-refractivity contribution in [1.29, 1.82) is 0 Å². The number of carbonyl (C=O) groups excluding carboxylic acids is 1. The molecule has 0 N–H and O–H groups in total. The van der Waals surface area contributed by atoms with Crippen molar-refractivity contribution in [2.45, 2.75) is 12.3 Å². The lowest BCUT2D eigenvalue weighted by molar-refractivity contribution is -0.122. The summed E-state index contributed by atoms with van der Waals surface area (Å²) in [6.45, 7) is 6.97. The molecule has 1 spiro atoms. The van der Waals surface area contributed by atoms with E-state index in [-0.39, 0.29) is 19.7 Å². The van der Waals surface area contributed by atoms with Gasteiger partial charge in [0.05, 0.1) is 13.8 Å². The first kappa shape index (κ1) is 21.0. The van der Waals surface area contributed by atoms with Gasteiger partial charge in [-0.3, -0.25) is 14.6 Å². The Morgan fingerprint density at radius 1 is 1.13 bits per heavy atom. The summed E-state index contributed by atoms with van der Waals surface area (Å²) in [5.74, 6) is 1.65. The van der Waals surface area contributed by atoms with Gasteiger partial charge < -0.3 is 26.8 Å². The van der Waals surface area contributed by atoms with Crippen LogP contribution in [0.4, 0.5) is 5.69 Å². The molecule has 0 aliphatic carbocycles. The molecule has 0 saturated carbocycles. The molecule has 0 radical (unpaired) electrons. The maximum absolute atomic E-state index is 13.9. The molecule has 0 unspecified atom stereocenters. The number of nitrogens with zero attached hydrogens (tertiary/aromatic N) is 3. The fraction of sp³-hybridized carbons (Fsp3) is 0.435. The number of para-hydroxylation sites is 1. The normalized spacial score (nSPS) is 23.2. The predicted molar refractivity (Wildman–Crippen MR) is 113 cm³/mol. The zero-order valence-corrected chi connectivity index (χ0v) is 18.4. The summed E-state index contributed by atoms with van der Waals surface area (Å²) in [5.41, 5.74) is 3.24. The summed E-state index contributed by atoms with van der Waals surface area (Å²) in [6, 6.07) is 12.1. The quantitative estimate of drug-likeness (QED) is 0.649. The molecule has 1 amide bonds. The Hall–Kier alpha value is -2.28. The van der Waals surface area contributed by atoms with Gasteiger partial charge in [0.1, 0.15) is 23.5 Å². The number of carbonyl (C=O) groups is 1. The van der Waals surface area contributed by atoms with Crippen LogP contribution in [0.15, 0.2) is 36.4 Å². The summed E-state index contributed by atoms with van der Waals surface area (Å²) < 4.78 is 11.5. The number of hydrogen-bond donors (Lipinski definition) is 0. The van der Waals surface area contributed by atoms with E-state index in [2.05, 4.69) is 35.0 Å². The number of anilines is 1. The molecule has 3 aliphatic rings. The van der Waals surface area contributed by atoms with Crippen LogP contribution in [0.1, 0.15) is 18.1 Å². The molecule has 2 aromatic carbocycles. The van der Waals surface area contributed by atoms with E-state index < -0.39 is 5.41 Å². The maximum atomic E-state index is 13.9. The van der Waals surface area contributed by atoms with Crippen molar-refractivity contribution < 1.29 is 28.1 Å². The lowest BCUT2D eigenvalue weighted by atomic mass is 9.76. The molecule has 7 heteroatoms. The Morgan fingerprint density at radius 3 is 2.60 bits per heavy atom. The van der Waals surface area contributed by atoms with Gasteiger partial charge in [0.2, 0.25) is 5.91 Å². The second-order valence-electron chi connectivity index (χ2n) is 8.33. The summed E-state index contributed by atoms with van der Waals surface area (Å²) in [7, 11) is 3.80. The number of aryl methyl sites for hydroxylation is 1. The molecular formula is C23H28ClN3O3. The minimum atomic E-state index is -0.768. The van der Waals surface area contributed by atoms with Gasteiger partial charge >= 0.3 is 1.43 Å². The molecule has 1 saturated heterocycles. The van der Waals surface area contributed by atoms with Crippen molar-refractivity contribution in [2.24, 2.45) is 0 Å². The van der Waals surface area contributed by atoms with Crippen LogP contribution in [-0.2, 0) is 10.2 Å². The van der Waals surface area contributed by atoms with Gasteiger partial charge in [-0.1, -0.05) is 18.2 Å². The van der Waals surface area contributed by atoms with Gasteiger partial charge in [-0.15, -0.1) is 0 Å². The molecule has 2 aromatic rings. The van der Waals surface area contributed by atoms with Crippen molar-refractivity contribution in [2.75, 3.05) is 58.5 Å². The van der Waals surface area contributed by atoms with Crippen molar-refractivity contribution in [3.8, 4) is 11.5 Å². The van der Waals surface area contributed by atoms with Crippen molar-refractivity contribution in [3.05, 3.63) is 53.1 Å². The fourth-order valence-electron chi connectivity index (χ4n) is 4.86. The van der Waals surface area contributed by atoms with E-state index in [4.69, 9.17) is 9.47 Å². The monoisotopic (exact) mass is 429 g/mol. The van der Waals surface area contributed by atoms with E-state index in [9.17, 15) is 4.79 Å². The lowest BCUT2D eigenvalue weighted by Crippen LogP contribution is -3.00. The number of benzene rings is 2. The molecule has 160 valence electrons. The number of amides is 1. The van der Waals surface area contributed by atoms with Gasteiger partial charge in [-0.05, 0) is 37.2 Å². The van der Waals surface area contributed by atoms with Crippen molar-refractivity contribution >= 4 is 11.6 Å². The van der Waals surface area contributed by atoms with Gasteiger partial charge in [-0.25, -0.2) is 0 Å². The molecular weight excluding hydrogens is 402 g/mol. The molecule has 0 bridgehead atoms. The molecule has 0 aromatic heterocycles. The summed E-state index contributed by atoms with van der Waals surface area (Å²) >= 11 is 0. The zero-order valence-electron chi connectivity index (χ0n) is 18.7. The third kappa shape index (κ3) is 2.97. The highest BCUT2D eigenvalue weighted by molar-refractivity contribution is 6.11.